The molecule has 1 unspecified atom stereocenters. The molecule has 4 aliphatic carbocycles. The third kappa shape index (κ3) is 5.30. The Kier molecular flexibility index (Phi) is 9.29. The second-order valence-electron chi connectivity index (χ2n) is 12.7. The molecule has 186 valence electrons. The summed E-state index contributed by atoms with van der Waals surface area (Å²) in [7, 11) is 0. The summed E-state index contributed by atoms with van der Waals surface area (Å²) in [4.78, 5) is 0. The summed E-state index contributed by atoms with van der Waals surface area (Å²) in [5, 5.41) is 10.2. The largest absolute Gasteiger partial charge is 0.393 e. The Morgan fingerprint density at radius 3 is 2.44 bits per heavy atom. The van der Waals surface area contributed by atoms with Gasteiger partial charge in [-0.1, -0.05) is 65.5 Å². The molecule has 32 heavy (non-hydrogen) atoms. The second-order valence-corrected chi connectivity index (χ2v) is 13.1. The highest BCUT2D eigenvalue weighted by atomic mass is 32.1. The summed E-state index contributed by atoms with van der Waals surface area (Å²) in [6.07, 6.45) is 17.2. The second kappa shape index (κ2) is 11.2. The first kappa shape index (κ1) is 26.6. The number of hydrogen-bond donors (Lipinski definition) is 3. The maximum atomic E-state index is 10.2. The van der Waals surface area contributed by atoms with Crippen molar-refractivity contribution in [2.24, 2.45) is 52.1 Å². The molecule has 3 fully saturated rings. The van der Waals surface area contributed by atoms with Crippen molar-refractivity contribution < 1.29 is 5.11 Å². The zero-order valence-corrected chi connectivity index (χ0v) is 22.7. The molecule has 0 heterocycles. The first-order valence-corrected chi connectivity index (χ1v) is 14.5. The van der Waals surface area contributed by atoms with Crippen molar-refractivity contribution in [1.29, 1.82) is 0 Å². The van der Waals surface area contributed by atoms with Crippen LogP contribution in [0, 0.1) is 46.3 Å². The quantitative estimate of drug-likeness (QED) is 0.286. The van der Waals surface area contributed by atoms with Crippen molar-refractivity contribution in [3.05, 3.63) is 11.6 Å². The number of nitrogens with two attached hydrogens (primary N) is 1. The highest BCUT2D eigenvalue weighted by Crippen LogP contribution is 2.67. The predicted octanol–water partition coefficient (Wildman–Crippen LogP) is 7.26. The van der Waals surface area contributed by atoms with Crippen LogP contribution in [-0.4, -0.2) is 23.5 Å². The van der Waals surface area contributed by atoms with Gasteiger partial charge in [0, 0.05) is 12.3 Å². The minimum atomic E-state index is -0.0766. The molecule has 0 aromatic carbocycles. The van der Waals surface area contributed by atoms with Crippen LogP contribution in [0.15, 0.2) is 11.6 Å². The fourth-order valence-electron chi connectivity index (χ4n) is 8.67. The predicted molar refractivity (Wildman–Crippen MR) is 142 cm³/mol. The summed E-state index contributed by atoms with van der Waals surface area (Å²) in [5.41, 5.74) is 7.55. The first-order valence-electron chi connectivity index (χ1n) is 13.9. The van der Waals surface area contributed by atoms with Crippen LogP contribution in [-0.2, 0) is 0 Å². The lowest BCUT2D eigenvalue weighted by atomic mass is 9.47. The van der Waals surface area contributed by atoms with Gasteiger partial charge in [-0.25, -0.2) is 0 Å². The van der Waals surface area contributed by atoms with Gasteiger partial charge in [-0.2, -0.15) is 12.6 Å². The van der Waals surface area contributed by atoms with Crippen LogP contribution < -0.4 is 5.73 Å². The summed E-state index contributed by atoms with van der Waals surface area (Å²) < 4.78 is 0. The Hall–Kier alpha value is 0.0100. The number of rotatable bonds is 6. The van der Waals surface area contributed by atoms with Gasteiger partial charge in [-0.05, 0) is 97.7 Å². The van der Waals surface area contributed by atoms with E-state index in [1.54, 1.807) is 5.57 Å². The van der Waals surface area contributed by atoms with E-state index in [0.717, 1.165) is 54.1 Å². The van der Waals surface area contributed by atoms with E-state index < -0.39 is 0 Å². The number of allylic oxidation sites excluding steroid dienone is 1. The van der Waals surface area contributed by atoms with Gasteiger partial charge in [-0.3, -0.25) is 0 Å². The average molecular weight is 464 g/mol. The summed E-state index contributed by atoms with van der Waals surface area (Å²) in [5.74, 6) is 6.25. The molecule has 3 heteroatoms. The molecule has 0 bridgehead atoms. The minimum Gasteiger partial charge on any atom is -0.393 e. The smallest absolute Gasteiger partial charge is 0.0577 e. The monoisotopic (exact) mass is 463 g/mol. The van der Waals surface area contributed by atoms with E-state index in [-0.39, 0.29) is 6.10 Å². The molecule has 0 saturated heterocycles. The maximum absolute atomic E-state index is 10.2. The highest BCUT2D eigenvalue weighted by Gasteiger charge is 2.59. The topological polar surface area (TPSA) is 46.2 Å². The molecule has 0 aromatic heterocycles. The van der Waals surface area contributed by atoms with Crippen molar-refractivity contribution in [3.8, 4) is 0 Å². The molecule has 8 atom stereocenters. The van der Waals surface area contributed by atoms with Gasteiger partial charge in [-0.15, -0.1) is 0 Å². The van der Waals surface area contributed by atoms with Crippen molar-refractivity contribution in [1.82, 2.24) is 0 Å². The average Bonchev–Trinajstić information content (AvgIpc) is 3.11. The summed E-state index contributed by atoms with van der Waals surface area (Å²) in [6.45, 7) is 13.3. The zero-order valence-electron chi connectivity index (χ0n) is 21.8. The highest BCUT2D eigenvalue weighted by molar-refractivity contribution is 7.80. The lowest BCUT2D eigenvalue weighted by Crippen LogP contribution is -2.50. The van der Waals surface area contributed by atoms with E-state index in [1.165, 1.54) is 57.8 Å². The standard InChI is InChI=1S/C27H46O.C2H7NS/c1-18(2)7-6-8-19(3)23-11-12-24-22-10-9-20-17-21(28)13-15-26(20,4)25(22)14-16-27(23,24)5;3-1-2-4/h9,18-19,21-25,28H,6-8,10-17H2,1-5H3;4H,1-3H2/t19?,21-,22-,23+,24-,25-,26-,27+;/m0./s1. The lowest BCUT2D eigenvalue weighted by molar-refractivity contribution is -0.0573. The molecule has 3 saturated carbocycles. The van der Waals surface area contributed by atoms with Crippen molar-refractivity contribution in [2.45, 2.75) is 111 Å². The van der Waals surface area contributed by atoms with Crippen LogP contribution in [0.1, 0.15) is 105 Å². The van der Waals surface area contributed by atoms with E-state index in [1.807, 2.05) is 0 Å². The van der Waals surface area contributed by atoms with Crippen LogP contribution >= 0.6 is 12.6 Å². The number of aliphatic hydroxyl groups excluding tert-OH is 1. The van der Waals surface area contributed by atoms with Crippen molar-refractivity contribution in [2.75, 3.05) is 12.3 Å². The summed E-state index contributed by atoms with van der Waals surface area (Å²) in [6, 6.07) is 0. The molecule has 0 spiro atoms. The molecule has 0 amide bonds. The van der Waals surface area contributed by atoms with Crippen molar-refractivity contribution >= 4 is 12.6 Å². The van der Waals surface area contributed by atoms with Crippen LogP contribution in [0.3, 0.4) is 0 Å². The van der Waals surface area contributed by atoms with E-state index in [0.29, 0.717) is 17.4 Å². The fraction of sp³-hybridized carbons (Fsp3) is 0.931. The molecular weight excluding hydrogens is 410 g/mol. The SMILES string of the molecule is CC(C)CCCC(C)[C@H]1CC[C@H]2[C@@H]3CC=C4C[C@@H](O)CC[C@]4(C)[C@H]3CC[C@]12C.NCCS. The lowest BCUT2D eigenvalue weighted by Gasteiger charge is -2.58. The Morgan fingerprint density at radius 1 is 1.06 bits per heavy atom. The van der Waals surface area contributed by atoms with Crippen molar-refractivity contribution in [3.63, 3.8) is 0 Å². The molecule has 2 nitrogen and oxygen atoms in total. The third-order valence-corrected chi connectivity index (χ3v) is 10.7. The number of hydrogen-bond acceptors (Lipinski definition) is 3. The molecule has 0 radical (unpaired) electrons. The maximum Gasteiger partial charge on any atom is 0.0577 e. The van der Waals surface area contributed by atoms with Gasteiger partial charge >= 0.3 is 0 Å². The van der Waals surface area contributed by atoms with Crippen LogP contribution in [0.5, 0.6) is 0 Å². The van der Waals surface area contributed by atoms with Crippen LogP contribution in [0.2, 0.25) is 0 Å². The number of fused-ring (bicyclic) bond motifs is 5. The van der Waals surface area contributed by atoms with Crippen LogP contribution in [0.4, 0.5) is 0 Å². The van der Waals surface area contributed by atoms with Gasteiger partial charge in [0.1, 0.15) is 0 Å². The Balaban J connectivity index is 0.000000668. The van der Waals surface area contributed by atoms with E-state index in [4.69, 9.17) is 5.73 Å². The molecule has 3 N–H and O–H groups in total. The van der Waals surface area contributed by atoms with E-state index in [9.17, 15) is 5.11 Å². The first-order chi connectivity index (χ1) is 15.2. The molecular formula is C29H53NOS. The number of aliphatic hydroxyl groups is 1. The third-order valence-electron chi connectivity index (χ3n) is 10.4. The minimum absolute atomic E-state index is 0.0766. The van der Waals surface area contributed by atoms with E-state index >= 15 is 0 Å². The zero-order chi connectivity index (χ0) is 23.5. The Morgan fingerprint density at radius 2 is 1.78 bits per heavy atom. The van der Waals surface area contributed by atoms with Gasteiger partial charge in [0.05, 0.1) is 6.10 Å². The van der Waals surface area contributed by atoms with Gasteiger partial charge in [0.15, 0.2) is 0 Å². The van der Waals surface area contributed by atoms with Gasteiger partial charge < -0.3 is 10.8 Å². The molecule has 4 rings (SSSR count). The molecule has 4 aliphatic rings. The summed E-state index contributed by atoms with van der Waals surface area (Å²) >= 11 is 3.80. The van der Waals surface area contributed by atoms with Gasteiger partial charge in [0.2, 0.25) is 0 Å². The Labute approximate surface area is 205 Å². The molecule has 0 aromatic rings. The normalized spacial score (nSPS) is 41.7. The molecule has 0 aliphatic heterocycles. The van der Waals surface area contributed by atoms with Gasteiger partial charge in [0.25, 0.3) is 0 Å². The van der Waals surface area contributed by atoms with E-state index in [2.05, 4.69) is 53.3 Å². The Bertz CT molecular complexity index is 631. The number of thiol groups is 1. The fourth-order valence-corrected chi connectivity index (χ4v) is 8.67. The van der Waals surface area contributed by atoms with Crippen LogP contribution in [0.25, 0.3) is 0 Å².